The van der Waals surface area contributed by atoms with Crippen molar-refractivity contribution in [1.29, 1.82) is 0 Å². The van der Waals surface area contributed by atoms with Gasteiger partial charge in [-0.1, -0.05) is 30.3 Å². The fourth-order valence-electron chi connectivity index (χ4n) is 3.50. The highest BCUT2D eigenvalue weighted by Gasteiger charge is 2.35. The highest BCUT2D eigenvalue weighted by molar-refractivity contribution is 6.06. The molecule has 3 aromatic rings. The van der Waals surface area contributed by atoms with Gasteiger partial charge >= 0.3 is 0 Å². The molecule has 1 aromatic heterocycles. The van der Waals surface area contributed by atoms with Crippen LogP contribution in [0.5, 0.6) is 0 Å². The first kappa shape index (κ1) is 15.6. The summed E-state index contributed by atoms with van der Waals surface area (Å²) in [6.45, 7) is 2.42. The van der Waals surface area contributed by atoms with Crippen LogP contribution >= 0.6 is 0 Å². The van der Waals surface area contributed by atoms with Crippen LogP contribution in [0.1, 0.15) is 39.6 Å². The highest BCUT2D eigenvalue weighted by atomic mass is 16.2. The highest BCUT2D eigenvalue weighted by Crippen LogP contribution is 2.34. The molecule has 1 heterocycles. The smallest absolute Gasteiger partial charge is 0.230 e. The van der Waals surface area contributed by atoms with E-state index in [0.717, 1.165) is 28.0 Å². The van der Waals surface area contributed by atoms with E-state index in [0.29, 0.717) is 12.1 Å². The normalized spacial score (nSPS) is 16.2. The van der Waals surface area contributed by atoms with E-state index in [4.69, 9.17) is 0 Å². The number of nitrogens with zero attached hydrogens (tertiary/aromatic N) is 2. The van der Waals surface area contributed by atoms with Crippen molar-refractivity contribution < 1.29 is 9.59 Å². The van der Waals surface area contributed by atoms with Crippen LogP contribution in [0.25, 0.3) is 11.0 Å². The Hall–Kier alpha value is -2.95. The average Bonchev–Trinajstić information content (AvgIpc) is 3.14. The van der Waals surface area contributed by atoms with Crippen LogP contribution < -0.4 is 0 Å². The molecular weight excluding hydrogens is 314 g/mol. The summed E-state index contributed by atoms with van der Waals surface area (Å²) in [5, 5.41) is 0. The molecule has 0 unspecified atom stereocenters. The van der Waals surface area contributed by atoms with Crippen molar-refractivity contribution in [2.75, 3.05) is 7.05 Å². The molecule has 25 heavy (non-hydrogen) atoms. The lowest BCUT2D eigenvalue weighted by Crippen LogP contribution is -2.31. The SMILES string of the molecule is Cc1ccc2nc(CN(C)C(=O)[C@H]3CC(=O)c4ccccc43)[nH]c2c1. The molecule has 4 rings (SSSR count). The third-order valence-electron chi connectivity index (χ3n) is 4.77. The fraction of sp³-hybridized carbons (Fsp3) is 0.250. The van der Waals surface area contributed by atoms with E-state index in [-0.39, 0.29) is 24.0 Å². The van der Waals surface area contributed by atoms with Crippen molar-refractivity contribution in [2.24, 2.45) is 0 Å². The van der Waals surface area contributed by atoms with Gasteiger partial charge in [0.25, 0.3) is 0 Å². The van der Waals surface area contributed by atoms with Crippen molar-refractivity contribution in [3.63, 3.8) is 0 Å². The van der Waals surface area contributed by atoms with Gasteiger partial charge in [-0.05, 0) is 30.2 Å². The lowest BCUT2D eigenvalue weighted by molar-refractivity contribution is -0.132. The summed E-state index contributed by atoms with van der Waals surface area (Å²) in [5.41, 5.74) is 4.53. The van der Waals surface area contributed by atoms with Gasteiger partial charge in [0.1, 0.15) is 5.82 Å². The molecule has 0 aliphatic heterocycles. The number of Topliss-reactive ketones (excluding diaryl/α,β-unsaturated/α-hetero) is 1. The number of ketones is 1. The van der Waals surface area contributed by atoms with E-state index < -0.39 is 0 Å². The summed E-state index contributed by atoms with van der Waals surface area (Å²) in [4.78, 5) is 34.4. The zero-order valence-electron chi connectivity index (χ0n) is 14.2. The molecule has 0 spiro atoms. The maximum atomic E-state index is 12.9. The number of benzene rings is 2. The number of amides is 1. The fourth-order valence-corrected chi connectivity index (χ4v) is 3.50. The van der Waals surface area contributed by atoms with Gasteiger partial charge in [0.05, 0.1) is 23.5 Å². The number of aromatic amines is 1. The van der Waals surface area contributed by atoms with Crippen LogP contribution in [0, 0.1) is 6.92 Å². The number of nitrogens with one attached hydrogen (secondary N) is 1. The number of imidazole rings is 1. The molecular formula is C20H19N3O2. The molecule has 1 atom stereocenters. The number of hydrogen-bond acceptors (Lipinski definition) is 3. The molecule has 5 heteroatoms. The van der Waals surface area contributed by atoms with Crippen molar-refractivity contribution >= 4 is 22.7 Å². The van der Waals surface area contributed by atoms with Crippen LogP contribution in [-0.4, -0.2) is 33.6 Å². The Bertz CT molecular complexity index is 990. The number of aromatic nitrogens is 2. The van der Waals surface area contributed by atoms with Crippen LogP contribution in [-0.2, 0) is 11.3 Å². The summed E-state index contributed by atoms with van der Waals surface area (Å²) in [6, 6.07) is 13.4. The Morgan fingerprint density at radius 3 is 2.92 bits per heavy atom. The van der Waals surface area contributed by atoms with Crippen molar-refractivity contribution in [2.45, 2.75) is 25.8 Å². The molecule has 0 bridgehead atoms. The number of carbonyl (C=O) groups excluding carboxylic acids is 2. The molecule has 0 radical (unpaired) electrons. The third-order valence-corrected chi connectivity index (χ3v) is 4.77. The van der Waals surface area contributed by atoms with Crippen molar-refractivity contribution in [1.82, 2.24) is 14.9 Å². The monoisotopic (exact) mass is 333 g/mol. The molecule has 2 aromatic carbocycles. The molecule has 5 nitrogen and oxygen atoms in total. The average molecular weight is 333 g/mol. The lowest BCUT2D eigenvalue weighted by atomic mass is 10.00. The number of likely N-dealkylation sites (N-methyl/N-ethyl adjacent to an activating group) is 1. The van der Waals surface area contributed by atoms with Crippen LogP contribution in [0.15, 0.2) is 42.5 Å². The van der Waals surface area contributed by atoms with Gasteiger partial charge in [-0.2, -0.15) is 0 Å². The largest absolute Gasteiger partial charge is 0.340 e. The van der Waals surface area contributed by atoms with Gasteiger partial charge in [-0.3, -0.25) is 9.59 Å². The van der Waals surface area contributed by atoms with Gasteiger partial charge in [0, 0.05) is 19.0 Å². The first-order valence-corrected chi connectivity index (χ1v) is 8.35. The van der Waals surface area contributed by atoms with Crippen molar-refractivity contribution in [3.8, 4) is 0 Å². The maximum Gasteiger partial charge on any atom is 0.230 e. The molecule has 1 amide bonds. The van der Waals surface area contributed by atoms with E-state index in [1.807, 2.05) is 43.3 Å². The van der Waals surface area contributed by atoms with E-state index in [1.165, 1.54) is 0 Å². The van der Waals surface area contributed by atoms with E-state index in [9.17, 15) is 9.59 Å². The molecule has 0 fully saturated rings. The Morgan fingerprint density at radius 1 is 1.28 bits per heavy atom. The predicted octanol–water partition coefficient (Wildman–Crippen LogP) is 3.20. The summed E-state index contributed by atoms with van der Waals surface area (Å²) in [6.07, 6.45) is 0.252. The minimum atomic E-state index is -0.389. The minimum Gasteiger partial charge on any atom is -0.340 e. The number of rotatable bonds is 3. The van der Waals surface area contributed by atoms with Gasteiger partial charge in [-0.25, -0.2) is 4.98 Å². The Kier molecular flexibility index (Phi) is 3.64. The molecule has 0 saturated carbocycles. The molecule has 1 N–H and O–H groups in total. The van der Waals surface area contributed by atoms with Crippen LogP contribution in [0.3, 0.4) is 0 Å². The second kappa shape index (κ2) is 5.84. The second-order valence-electron chi connectivity index (χ2n) is 6.67. The zero-order valence-corrected chi connectivity index (χ0v) is 14.2. The van der Waals surface area contributed by atoms with Gasteiger partial charge in [0.2, 0.25) is 5.91 Å². The number of aryl methyl sites for hydroxylation is 1. The minimum absolute atomic E-state index is 0.0431. The number of fused-ring (bicyclic) bond motifs is 2. The quantitative estimate of drug-likeness (QED) is 0.800. The number of hydrogen-bond donors (Lipinski definition) is 1. The Balaban J connectivity index is 1.55. The maximum absolute atomic E-state index is 12.9. The first-order valence-electron chi connectivity index (χ1n) is 8.35. The summed E-state index contributed by atoms with van der Waals surface area (Å²) >= 11 is 0. The summed E-state index contributed by atoms with van der Waals surface area (Å²) in [5.74, 6) is 0.353. The molecule has 1 aliphatic rings. The number of H-pyrrole nitrogens is 1. The van der Waals surface area contributed by atoms with Crippen LogP contribution in [0.2, 0.25) is 0 Å². The molecule has 0 saturated heterocycles. The second-order valence-corrected chi connectivity index (χ2v) is 6.67. The number of carbonyl (C=O) groups is 2. The third kappa shape index (κ3) is 2.71. The summed E-state index contributed by atoms with van der Waals surface area (Å²) < 4.78 is 0. The Labute approximate surface area is 145 Å². The Morgan fingerprint density at radius 2 is 2.08 bits per heavy atom. The van der Waals surface area contributed by atoms with E-state index >= 15 is 0 Å². The van der Waals surface area contributed by atoms with Gasteiger partial charge in [-0.15, -0.1) is 0 Å². The van der Waals surface area contributed by atoms with Crippen molar-refractivity contribution in [3.05, 3.63) is 65.0 Å². The molecule has 126 valence electrons. The first-order chi connectivity index (χ1) is 12.0. The van der Waals surface area contributed by atoms with Gasteiger partial charge < -0.3 is 9.88 Å². The van der Waals surface area contributed by atoms with Gasteiger partial charge in [0.15, 0.2) is 5.78 Å². The zero-order chi connectivity index (χ0) is 17.6. The predicted molar refractivity (Wildman–Crippen MR) is 95.4 cm³/mol. The molecule has 1 aliphatic carbocycles. The standard InChI is InChI=1S/C20H19N3O2/c1-12-7-8-16-17(9-12)22-19(21-16)11-23(2)20(25)15-10-18(24)14-6-4-3-5-13(14)15/h3-9,15H,10-11H2,1-2H3,(H,21,22)/t15-/m0/s1. The van der Waals surface area contributed by atoms with E-state index in [1.54, 1.807) is 18.0 Å². The topological polar surface area (TPSA) is 66.1 Å². The van der Waals surface area contributed by atoms with E-state index in [2.05, 4.69) is 9.97 Å². The summed E-state index contributed by atoms with van der Waals surface area (Å²) in [7, 11) is 1.76. The van der Waals surface area contributed by atoms with Crippen LogP contribution in [0.4, 0.5) is 0 Å². The lowest BCUT2D eigenvalue weighted by Gasteiger charge is -2.20.